The van der Waals surface area contributed by atoms with Crippen LogP contribution in [0.1, 0.15) is 5.69 Å². The summed E-state index contributed by atoms with van der Waals surface area (Å²) in [5.41, 5.74) is -0.240. The van der Waals surface area contributed by atoms with Gasteiger partial charge >= 0.3 is 11.9 Å². The smallest absolute Gasteiger partial charge is 0.408 e. The van der Waals surface area contributed by atoms with Crippen LogP contribution in [0.15, 0.2) is 51.8 Å². The number of alkyl halides is 3. The highest BCUT2D eigenvalue weighted by Gasteiger charge is 2.34. The van der Waals surface area contributed by atoms with Crippen molar-refractivity contribution in [3.05, 3.63) is 58.8 Å². The zero-order valence-electron chi connectivity index (χ0n) is 15.4. The SMILES string of the molecule is O=C(Cn1c(=O)oc2ccccc21)N1CCN(c2ccnc(C(F)(F)F)c2)C(=O)C1. The Bertz CT molecular complexity index is 1180. The number of oxazole rings is 1. The largest absolute Gasteiger partial charge is 0.433 e. The summed E-state index contributed by atoms with van der Waals surface area (Å²) in [5, 5.41) is 0. The molecular weight excluding hydrogens is 405 g/mol. The lowest BCUT2D eigenvalue weighted by Gasteiger charge is -2.34. The maximum Gasteiger partial charge on any atom is 0.433 e. The van der Waals surface area contributed by atoms with Crippen LogP contribution < -0.4 is 10.7 Å². The number of halogens is 3. The van der Waals surface area contributed by atoms with E-state index >= 15 is 0 Å². The van der Waals surface area contributed by atoms with Crippen LogP contribution >= 0.6 is 0 Å². The molecule has 0 aliphatic carbocycles. The third kappa shape index (κ3) is 3.65. The van der Waals surface area contributed by atoms with E-state index in [1.54, 1.807) is 24.3 Å². The van der Waals surface area contributed by atoms with Crippen LogP contribution in [-0.4, -0.2) is 45.9 Å². The molecule has 3 heterocycles. The Balaban J connectivity index is 1.48. The van der Waals surface area contributed by atoms with Gasteiger partial charge in [0.25, 0.3) is 0 Å². The first-order chi connectivity index (χ1) is 14.2. The fourth-order valence-electron chi connectivity index (χ4n) is 3.30. The van der Waals surface area contributed by atoms with Crippen molar-refractivity contribution < 1.29 is 27.2 Å². The summed E-state index contributed by atoms with van der Waals surface area (Å²) in [6.45, 7) is -0.491. The Morgan fingerprint density at radius 1 is 1.13 bits per heavy atom. The zero-order chi connectivity index (χ0) is 21.5. The van der Waals surface area contributed by atoms with Crippen molar-refractivity contribution >= 4 is 28.6 Å². The molecule has 1 aliphatic heterocycles. The Hall–Kier alpha value is -3.63. The molecule has 0 spiro atoms. The minimum atomic E-state index is -4.63. The Morgan fingerprint density at radius 2 is 1.90 bits per heavy atom. The van der Waals surface area contributed by atoms with E-state index in [-0.39, 0.29) is 31.9 Å². The number of anilines is 1. The van der Waals surface area contributed by atoms with Gasteiger partial charge in [-0.25, -0.2) is 4.79 Å². The molecule has 8 nitrogen and oxygen atoms in total. The van der Waals surface area contributed by atoms with E-state index in [1.807, 2.05) is 0 Å². The van der Waals surface area contributed by atoms with Gasteiger partial charge in [0, 0.05) is 25.0 Å². The molecule has 30 heavy (non-hydrogen) atoms. The van der Waals surface area contributed by atoms with Gasteiger partial charge in [0.1, 0.15) is 18.8 Å². The fourth-order valence-corrected chi connectivity index (χ4v) is 3.30. The summed E-state index contributed by atoms with van der Waals surface area (Å²) in [4.78, 5) is 42.9. The van der Waals surface area contributed by atoms with Gasteiger partial charge in [-0.1, -0.05) is 12.1 Å². The molecule has 156 valence electrons. The lowest BCUT2D eigenvalue weighted by Crippen LogP contribution is -2.53. The zero-order valence-corrected chi connectivity index (χ0v) is 15.4. The summed E-state index contributed by atoms with van der Waals surface area (Å²) in [7, 11) is 0. The second kappa shape index (κ2) is 7.32. The quantitative estimate of drug-likeness (QED) is 0.646. The second-order valence-corrected chi connectivity index (χ2v) is 6.68. The molecule has 0 unspecified atom stereocenters. The number of hydrogen-bond acceptors (Lipinski definition) is 5. The van der Waals surface area contributed by atoms with E-state index in [1.165, 1.54) is 20.4 Å². The number of carbonyl (C=O) groups excluding carboxylic acids is 2. The van der Waals surface area contributed by atoms with E-state index in [2.05, 4.69) is 4.98 Å². The molecule has 0 atom stereocenters. The average molecular weight is 420 g/mol. The van der Waals surface area contributed by atoms with Crippen molar-refractivity contribution in [1.82, 2.24) is 14.5 Å². The molecule has 3 aromatic rings. The van der Waals surface area contributed by atoms with E-state index in [9.17, 15) is 27.6 Å². The second-order valence-electron chi connectivity index (χ2n) is 6.68. The number of fused-ring (bicyclic) bond motifs is 1. The molecule has 1 saturated heterocycles. The van der Waals surface area contributed by atoms with Crippen LogP contribution in [0.25, 0.3) is 11.1 Å². The number of nitrogens with zero attached hydrogens (tertiary/aromatic N) is 4. The summed E-state index contributed by atoms with van der Waals surface area (Å²) < 4.78 is 44.9. The summed E-state index contributed by atoms with van der Waals surface area (Å²) in [6, 6.07) is 8.74. The van der Waals surface area contributed by atoms with Gasteiger partial charge in [0.15, 0.2) is 5.58 Å². The van der Waals surface area contributed by atoms with Gasteiger partial charge < -0.3 is 14.2 Å². The number of rotatable bonds is 3. The summed E-state index contributed by atoms with van der Waals surface area (Å²) in [6.07, 6.45) is -3.64. The number of pyridine rings is 1. The molecule has 1 aliphatic rings. The monoisotopic (exact) mass is 420 g/mol. The number of benzene rings is 1. The molecule has 11 heteroatoms. The number of amides is 2. The Kier molecular flexibility index (Phi) is 4.80. The maximum atomic E-state index is 12.9. The first kappa shape index (κ1) is 19.7. The Labute approximate surface area is 167 Å². The molecular formula is C19H15F3N4O4. The highest BCUT2D eigenvalue weighted by molar-refractivity contribution is 5.98. The molecule has 0 bridgehead atoms. The van der Waals surface area contributed by atoms with Gasteiger partial charge in [-0.2, -0.15) is 13.2 Å². The summed E-state index contributed by atoms with van der Waals surface area (Å²) >= 11 is 0. The van der Waals surface area contributed by atoms with E-state index < -0.39 is 29.4 Å². The van der Waals surface area contributed by atoms with Crippen LogP contribution in [0.3, 0.4) is 0 Å². The van der Waals surface area contributed by atoms with Crippen molar-refractivity contribution in [2.45, 2.75) is 12.7 Å². The number of piperazine rings is 1. The lowest BCUT2D eigenvalue weighted by atomic mass is 10.2. The molecule has 1 fully saturated rings. The van der Waals surface area contributed by atoms with Crippen LogP contribution in [0.4, 0.5) is 18.9 Å². The molecule has 2 amide bonds. The third-order valence-electron chi connectivity index (χ3n) is 4.79. The van der Waals surface area contributed by atoms with Gasteiger partial charge in [-0.05, 0) is 24.3 Å². The predicted octanol–water partition coefficient (Wildman–Crippen LogP) is 1.88. The molecule has 4 rings (SSSR count). The third-order valence-corrected chi connectivity index (χ3v) is 4.79. The average Bonchev–Trinajstić information content (AvgIpc) is 3.02. The van der Waals surface area contributed by atoms with Gasteiger partial charge in [0.05, 0.1) is 5.52 Å². The van der Waals surface area contributed by atoms with Crippen molar-refractivity contribution in [2.24, 2.45) is 0 Å². The molecule has 0 saturated carbocycles. The minimum absolute atomic E-state index is 0.0208. The molecule has 0 radical (unpaired) electrons. The number of aromatic nitrogens is 2. The number of carbonyl (C=O) groups is 2. The first-order valence-corrected chi connectivity index (χ1v) is 8.94. The lowest BCUT2D eigenvalue weighted by molar-refractivity contribution is -0.141. The van der Waals surface area contributed by atoms with E-state index in [4.69, 9.17) is 4.42 Å². The predicted molar refractivity (Wildman–Crippen MR) is 98.6 cm³/mol. The van der Waals surface area contributed by atoms with Gasteiger partial charge in [-0.15, -0.1) is 0 Å². The van der Waals surface area contributed by atoms with Crippen molar-refractivity contribution in [3.8, 4) is 0 Å². The minimum Gasteiger partial charge on any atom is -0.408 e. The highest BCUT2D eigenvalue weighted by atomic mass is 19.4. The standard InChI is InChI=1S/C19H15F3N4O4/c20-19(21,22)15-9-12(5-6-23-15)25-8-7-24(10-17(25)28)16(27)11-26-13-3-1-2-4-14(13)30-18(26)29/h1-6,9H,7-8,10-11H2. The maximum absolute atomic E-state index is 12.9. The molecule has 1 aromatic carbocycles. The summed E-state index contributed by atoms with van der Waals surface area (Å²) in [5.74, 6) is -1.69. The van der Waals surface area contributed by atoms with Gasteiger partial charge in [0.2, 0.25) is 11.8 Å². The molecule has 0 N–H and O–H groups in total. The van der Waals surface area contributed by atoms with Crippen LogP contribution in [0.2, 0.25) is 0 Å². The highest BCUT2D eigenvalue weighted by Crippen LogP contribution is 2.30. The van der Waals surface area contributed by atoms with Crippen molar-refractivity contribution in [1.29, 1.82) is 0 Å². The Morgan fingerprint density at radius 3 is 2.63 bits per heavy atom. The normalized spacial score (nSPS) is 15.1. The van der Waals surface area contributed by atoms with Crippen LogP contribution in [-0.2, 0) is 22.3 Å². The number of para-hydroxylation sites is 2. The number of hydrogen-bond donors (Lipinski definition) is 0. The van der Waals surface area contributed by atoms with Crippen LogP contribution in [0, 0.1) is 0 Å². The topological polar surface area (TPSA) is 88.7 Å². The molecule has 2 aromatic heterocycles. The van der Waals surface area contributed by atoms with Crippen molar-refractivity contribution in [3.63, 3.8) is 0 Å². The van der Waals surface area contributed by atoms with E-state index in [0.29, 0.717) is 11.1 Å². The van der Waals surface area contributed by atoms with E-state index in [0.717, 1.165) is 12.3 Å². The van der Waals surface area contributed by atoms with Gasteiger partial charge in [-0.3, -0.25) is 19.1 Å². The first-order valence-electron chi connectivity index (χ1n) is 8.94. The van der Waals surface area contributed by atoms with Crippen molar-refractivity contribution in [2.75, 3.05) is 24.5 Å². The fraction of sp³-hybridized carbons (Fsp3) is 0.263. The van der Waals surface area contributed by atoms with Crippen LogP contribution in [0.5, 0.6) is 0 Å².